The average molecular weight is 294 g/mol. The van der Waals surface area contributed by atoms with Crippen molar-refractivity contribution in [1.82, 2.24) is 9.88 Å². The average Bonchev–Trinajstić information content (AvgIpc) is 2.33. The maximum atomic E-state index is 11.9. The van der Waals surface area contributed by atoms with Crippen molar-refractivity contribution in [2.24, 2.45) is 0 Å². The molecule has 1 fully saturated rings. The SMILES string of the molecule is CCOc1cncc(C2(O)CN(C(=O)OC(C)(C)C)C2)c1. The van der Waals surface area contributed by atoms with E-state index < -0.39 is 17.3 Å². The first-order chi connectivity index (χ1) is 9.73. The minimum absolute atomic E-state index is 0.194. The van der Waals surface area contributed by atoms with E-state index >= 15 is 0 Å². The van der Waals surface area contributed by atoms with Gasteiger partial charge in [0, 0.05) is 11.8 Å². The highest BCUT2D eigenvalue weighted by molar-refractivity contribution is 5.70. The second-order valence-corrected chi connectivity index (χ2v) is 6.21. The van der Waals surface area contributed by atoms with Crippen LogP contribution in [0.5, 0.6) is 5.75 Å². The van der Waals surface area contributed by atoms with Gasteiger partial charge in [0.25, 0.3) is 0 Å². The Balaban J connectivity index is 2.01. The van der Waals surface area contributed by atoms with E-state index in [4.69, 9.17) is 9.47 Å². The molecule has 0 bridgehead atoms. The van der Waals surface area contributed by atoms with Crippen LogP contribution in [0.15, 0.2) is 18.5 Å². The molecule has 0 atom stereocenters. The molecule has 6 nitrogen and oxygen atoms in total. The van der Waals surface area contributed by atoms with Crippen molar-refractivity contribution in [2.75, 3.05) is 19.7 Å². The lowest BCUT2D eigenvalue weighted by molar-refractivity contribution is -0.103. The highest BCUT2D eigenvalue weighted by Crippen LogP contribution is 2.33. The molecule has 1 N–H and O–H groups in total. The fourth-order valence-corrected chi connectivity index (χ4v) is 2.14. The van der Waals surface area contributed by atoms with E-state index in [1.54, 1.807) is 18.5 Å². The number of pyridine rings is 1. The van der Waals surface area contributed by atoms with Gasteiger partial charge in [0.1, 0.15) is 17.0 Å². The lowest BCUT2D eigenvalue weighted by Gasteiger charge is -2.46. The van der Waals surface area contributed by atoms with Crippen LogP contribution in [-0.4, -0.2) is 46.4 Å². The number of amides is 1. The largest absolute Gasteiger partial charge is 0.492 e. The fraction of sp³-hybridized carbons (Fsp3) is 0.600. The van der Waals surface area contributed by atoms with Crippen LogP contribution in [0.4, 0.5) is 4.79 Å². The normalized spacial score (nSPS) is 17.1. The van der Waals surface area contributed by atoms with Crippen molar-refractivity contribution in [3.8, 4) is 5.75 Å². The quantitative estimate of drug-likeness (QED) is 0.922. The van der Waals surface area contributed by atoms with Gasteiger partial charge in [-0.2, -0.15) is 0 Å². The number of aromatic nitrogens is 1. The maximum absolute atomic E-state index is 11.9. The predicted molar refractivity (Wildman–Crippen MR) is 77.1 cm³/mol. The van der Waals surface area contributed by atoms with Gasteiger partial charge >= 0.3 is 6.09 Å². The van der Waals surface area contributed by atoms with Gasteiger partial charge in [-0.25, -0.2) is 4.79 Å². The number of aliphatic hydroxyl groups is 1. The third-order valence-corrected chi connectivity index (χ3v) is 3.12. The van der Waals surface area contributed by atoms with Crippen molar-refractivity contribution in [1.29, 1.82) is 0 Å². The van der Waals surface area contributed by atoms with Gasteiger partial charge in [-0.15, -0.1) is 0 Å². The summed E-state index contributed by atoms with van der Waals surface area (Å²) in [7, 11) is 0. The van der Waals surface area contributed by atoms with E-state index in [-0.39, 0.29) is 13.1 Å². The van der Waals surface area contributed by atoms with Gasteiger partial charge < -0.3 is 19.5 Å². The molecule has 2 heterocycles. The Morgan fingerprint density at radius 3 is 2.67 bits per heavy atom. The topological polar surface area (TPSA) is 71.9 Å². The highest BCUT2D eigenvalue weighted by Gasteiger charge is 2.46. The summed E-state index contributed by atoms with van der Waals surface area (Å²) in [6, 6.07) is 1.75. The van der Waals surface area contributed by atoms with Crippen LogP contribution in [0.1, 0.15) is 33.3 Å². The van der Waals surface area contributed by atoms with Gasteiger partial charge in [0.05, 0.1) is 25.9 Å². The molecule has 21 heavy (non-hydrogen) atoms. The fourth-order valence-electron chi connectivity index (χ4n) is 2.14. The number of likely N-dealkylation sites (tertiary alicyclic amines) is 1. The lowest BCUT2D eigenvalue weighted by atomic mass is 9.87. The number of hydrogen-bond donors (Lipinski definition) is 1. The first-order valence-corrected chi connectivity index (χ1v) is 7.02. The minimum atomic E-state index is -1.09. The molecule has 1 aromatic heterocycles. The van der Waals surface area contributed by atoms with Crippen LogP contribution in [-0.2, 0) is 10.3 Å². The molecule has 116 valence electrons. The summed E-state index contributed by atoms with van der Waals surface area (Å²) in [6.07, 6.45) is 2.77. The Morgan fingerprint density at radius 2 is 2.10 bits per heavy atom. The molecule has 1 aliphatic heterocycles. The molecule has 1 aliphatic rings. The molecular formula is C15H22N2O4. The summed E-state index contributed by atoms with van der Waals surface area (Å²) in [5, 5.41) is 10.5. The summed E-state index contributed by atoms with van der Waals surface area (Å²) < 4.78 is 10.6. The van der Waals surface area contributed by atoms with E-state index in [1.807, 2.05) is 27.7 Å². The van der Waals surface area contributed by atoms with E-state index in [0.29, 0.717) is 17.9 Å². The summed E-state index contributed by atoms with van der Waals surface area (Å²) >= 11 is 0. The Kier molecular flexibility index (Phi) is 4.09. The van der Waals surface area contributed by atoms with Crippen LogP contribution in [0.2, 0.25) is 0 Å². The molecular weight excluding hydrogens is 272 g/mol. The van der Waals surface area contributed by atoms with Crippen molar-refractivity contribution in [3.63, 3.8) is 0 Å². The molecule has 0 saturated carbocycles. The number of rotatable bonds is 3. The van der Waals surface area contributed by atoms with E-state index in [2.05, 4.69) is 4.98 Å². The van der Waals surface area contributed by atoms with Gasteiger partial charge in [0.15, 0.2) is 0 Å². The van der Waals surface area contributed by atoms with Crippen molar-refractivity contribution < 1.29 is 19.4 Å². The standard InChI is InChI=1S/C15H22N2O4/c1-5-20-12-6-11(7-16-8-12)15(19)9-17(10-15)13(18)21-14(2,3)4/h6-8,19H,5,9-10H2,1-4H3. The molecule has 0 unspecified atom stereocenters. The molecule has 0 aliphatic carbocycles. The maximum Gasteiger partial charge on any atom is 0.410 e. The monoisotopic (exact) mass is 294 g/mol. The summed E-state index contributed by atoms with van der Waals surface area (Å²) in [5.74, 6) is 0.610. The highest BCUT2D eigenvalue weighted by atomic mass is 16.6. The number of hydrogen-bond acceptors (Lipinski definition) is 5. The van der Waals surface area contributed by atoms with E-state index in [1.165, 1.54) is 4.90 Å². The van der Waals surface area contributed by atoms with E-state index in [0.717, 1.165) is 0 Å². The number of β-amino-alcohol motifs (C(OH)–C–C–N with tert-alkyl or cyclic N) is 1. The van der Waals surface area contributed by atoms with Crippen LogP contribution >= 0.6 is 0 Å². The Morgan fingerprint density at radius 1 is 1.43 bits per heavy atom. The molecule has 1 saturated heterocycles. The molecule has 0 aromatic carbocycles. The zero-order valence-electron chi connectivity index (χ0n) is 12.9. The Labute approximate surface area is 124 Å². The first kappa shape index (κ1) is 15.6. The third kappa shape index (κ3) is 3.64. The first-order valence-electron chi connectivity index (χ1n) is 7.02. The molecule has 0 spiro atoms. The van der Waals surface area contributed by atoms with Gasteiger partial charge in [-0.1, -0.05) is 0 Å². The van der Waals surface area contributed by atoms with Crippen molar-refractivity contribution in [3.05, 3.63) is 24.0 Å². The van der Waals surface area contributed by atoms with Crippen LogP contribution in [0.25, 0.3) is 0 Å². The van der Waals surface area contributed by atoms with Crippen LogP contribution in [0, 0.1) is 0 Å². The van der Waals surface area contributed by atoms with Gasteiger partial charge in [-0.05, 0) is 33.8 Å². The minimum Gasteiger partial charge on any atom is -0.492 e. The summed E-state index contributed by atoms with van der Waals surface area (Å²) in [5.41, 5.74) is -0.980. The Bertz CT molecular complexity index is 519. The van der Waals surface area contributed by atoms with E-state index in [9.17, 15) is 9.90 Å². The number of carbonyl (C=O) groups is 1. The molecule has 0 radical (unpaired) electrons. The zero-order chi connectivity index (χ0) is 15.7. The third-order valence-electron chi connectivity index (χ3n) is 3.12. The molecule has 1 aromatic rings. The molecule has 2 rings (SSSR count). The Hall–Kier alpha value is -1.82. The smallest absolute Gasteiger partial charge is 0.410 e. The van der Waals surface area contributed by atoms with Crippen molar-refractivity contribution >= 4 is 6.09 Å². The molecule has 1 amide bonds. The van der Waals surface area contributed by atoms with Gasteiger partial charge in [-0.3, -0.25) is 4.98 Å². The van der Waals surface area contributed by atoms with Crippen LogP contribution < -0.4 is 4.74 Å². The zero-order valence-corrected chi connectivity index (χ0v) is 12.9. The summed E-state index contributed by atoms with van der Waals surface area (Å²) in [4.78, 5) is 17.4. The number of nitrogens with zero attached hydrogens (tertiary/aromatic N) is 2. The summed E-state index contributed by atoms with van der Waals surface area (Å²) in [6.45, 7) is 8.24. The van der Waals surface area contributed by atoms with Crippen molar-refractivity contribution in [2.45, 2.75) is 38.9 Å². The lowest BCUT2D eigenvalue weighted by Crippen LogP contribution is -2.61. The predicted octanol–water partition coefficient (Wildman–Crippen LogP) is 1.92. The number of ether oxygens (including phenoxy) is 2. The number of carbonyl (C=O) groups excluding carboxylic acids is 1. The second kappa shape index (κ2) is 5.52. The van der Waals surface area contributed by atoms with Gasteiger partial charge in [0.2, 0.25) is 0 Å². The van der Waals surface area contributed by atoms with Crippen LogP contribution in [0.3, 0.4) is 0 Å². The second-order valence-electron chi connectivity index (χ2n) is 6.21. The molecule has 6 heteroatoms.